The molecule has 0 saturated carbocycles. The van der Waals surface area contributed by atoms with E-state index in [1.807, 2.05) is 46.8 Å². The lowest BCUT2D eigenvalue weighted by molar-refractivity contribution is 0.165. The number of halogens is 1. The van der Waals surface area contributed by atoms with E-state index in [2.05, 4.69) is 15.4 Å². The summed E-state index contributed by atoms with van der Waals surface area (Å²) >= 11 is 0. The molecule has 224 valence electrons. The molecule has 1 aliphatic rings. The molecule has 10 heteroatoms. The number of aliphatic hydroxyl groups excluding tert-OH is 2. The summed E-state index contributed by atoms with van der Waals surface area (Å²) in [6, 6.07) is 13.8. The predicted molar refractivity (Wildman–Crippen MR) is 168 cm³/mol. The molecule has 3 heterocycles. The summed E-state index contributed by atoms with van der Waals surface area (Å²) in [4.78, 5) is 17.5. The number of rotatable bonds is 6. The molecule has 43 heavy (non-hydrogen) atoms. The number of aromatic nitrogens is 2. The van der Waals surface area contributed by atoms with Crippen LogP contribution in [0.4, 0.5) is 21.6 Å². The fraction of sp³-hybridized carbons (Fsp3) is 0.303. The Kier molecular flexibility index (Phi) is 7.72. The summed E-state index contributed by atoms with van der Waals surface area (Å²) in [7, 11) is 1.64. The third-order valence-electron chi connectivity index (χ3n) is 7.66. The molecule has 0 bridgehead atoms. The zero-order chi connectivity index (χ0) is 31.3. The number of nitrogens with zero attached hydrogens (tertiary/aromatic N) is 4. The van der Waals surface area contributed by atoms with Gasteiger partial charge in [-0.25, -0.2) is 14.4 Å². The fourth-order valence-electron chi connectivity index (χ4n) is 5.12. The van der Waals surface area contributed by atoms with Crippen LogP contribution in [0.1, 0.15) is 68.7 Å². The lowest BCUT2D eigenvalue weighted by Crippen LogP contribution is -2.30. The van der Waals surface area contributed by atoms with E-state index in [1.165, 1.54) is 21.9 Å². The van der Waals surface area contributed by atoms with Gasteiger partial charge in [-0.15, -0.1) is 0 Å². The van der Waals surface area contributed by atoms with E-state index in [4.69, 9.17) is 5.73 Å². The van der Waals surface area contributed by atoms with Gasteiger partial charge < -0.3 is 25.8 Å². The second-order valence-corrected chi connectivity index (χ2v) is 12.5. The first-order valence-corrected chi connectivity index (χ1v) is 14.0. The summed E-state index contributed by atoms with van der Waals surface area (Å²) in [5.41, 5.74) is 9.69. The monoisotopic (exact) mass is 584 g/mol. The highest BCUT2D eigenvalue weighted by Gasteiger charge is 2.31. The molecule has 5 N–H and O–H groups in total. The molecule has 4 aromatic rings. The number of hydrogen-bond donors (Lipinski definition) is 4. The first kappa shape index (κ1) is 30.1. The molecule has 0 radical (unpaired) electrons. The normalized spacial score (nSPS) is 15.0. The van der Waals surface area contributed by atoms with Crippen LogP contribution in [-0.4, -0.2) is 26.0 Å². The Hall–Kier alpha value is -4.38. The van der Waals surface area contributed by atoms with Crippen molar-refractivity contribution >= 4 is 23.4 Å². The number of nitrogens with two attached hydrogens (primary N) is 1. The smallest absolute Gasteiger partial charge is 0.274 e. The maximum Gasteiger partial charge on any atom is 0.274 e. The molecule has 1 aliphatic heterocycles. The molecular formula is C33H37FN6O3. The Morgan fingerprint density at radius 1 is 1.07 bits per heavy atom. The van der Waals surface area contributed by atoms with Crippen LogP contribution in [0.2, 0.25) is 0 Å². The van der Waals surface area contributed by atoms with Gasteiger partial charge in [0, 0.05) is 47.2 Å². The van der Waals surface area contributed by atoms with Crippen molar-refractivity contribution in [3.63, 3.8) is 0 Å². The first-order valence-electron chi connectivity index (χ1n) is 14.0. The highest BCUT2D eigenvalue weighted by Crippen LogP contribution is 2.39. The van der Waals surface area contributed by atoms with Crippen molar-refractivity contribution in [2.75, 3.05) is 10.3 Å². The average molecular weight is 585 g/mol. The fourth-order valence-corrected chi connectivity index (χ4v) is 5.12. The van der Waals surface area contributed by atoms with E-state index in [-0.39, 0.29) is 22.2 Å². The van der Waals surface area contributed by atoms with Crippen molar-refractivity contribution < 1.29 is 14.6 Å². The Bertz CT molecular complexity index is 1770. The van der Waals surface area contributed by atoms with Gasteiger partial charge in [0.1, 0.15) is 17.3 Å². The van der Waals surface area contributed by atoms with Crippen molar-refractivity contribution in [3.05, 3.63) is 105 Å². The minimum Gasteiger partial charge on any atom is -0.392 e. The Balaban J connectivity index is 1.53. The highest BCUT2D eigenvalue weighted by atomic mass is 19.1. The molecule has 2 aromatic carbocycles. The molecule has 0 saturated heterocycles. The van der Waals surface area contributed by atoms with Crippen molar-refractivity contribution in [2.24, 2.45) is 17.9 Å². The number of hydrazone groups is 1. The van der Waals surface area contributed by atoms with Crippen LogP contribution in [0, 0.1) is 5.82 Å². The van der Waals surface area contributed by atoms with Gasteiger partial charge in [0.25, 0.3) is 5.56 Å². The van der Waals surface area contributed by atoms with Gasteiger partial charge in [0.2, 0.25) is 0 Å². The van der Waals surface area contributed by atoms with Crippen molar-refractivity contribution in [1.29, 1.82) is 0 Å². The summed E-state index contributed by atoms with van der Waals surface area (Å²) in [5, 5.41) is 30.7. The van der Waals surface area contributed by atoms with E-state index in [9.17, 15) is 15.0 Å². The van der Waals surface area contributed by atoms with Gasteiger partial charge in [0.05, 0.1) is 18.5 Å². The molecule has 0 aliphatic carbocycles. The zero-order valence-electron chi connectivity index (χ0n) is 25.2. The SMILES string of the molecule is Cn1cc(-c2cccc(N3N=Cc4cc(C(C)(C)C)cc(F)c4C3O)c2CO)cc(Nc2ccc(C(C)(C)N)cn2)c1=O. The second kappa shape index (κ2) is 11.0. The molecule has 0 spiro atoms. The summed E-state index contributed by atoms with van der Waals surface area (Å²) in [6.07, 6.45) is 3.43. The molecule has 2 aromatic heterocycles. The molecular weight excluding hydrogens is 547 g/mol. The van der Waals surface area contributed by atoms with Gasteiger partial charge in [-0.1, -0.05) is 39.0 Å². The van der Waals surface area contributed by atoms with Gasteiger partial charge in [-0.3, -0.25) is 4.79 Å². The van der Waals surface area contributed by atoms with Crippen molar-refractivity contribution in [3.8, 4) is 11.1 Å². The van der Waals surface area contributed by atoms with Crippen LogP contribution in [-0.2, 0) is 24.6 Å². The molecule has 0 amide bonds. The van der Waals surface area contributed by atoms with Crippen LogP contribution < -0.4 is 21.6 Å². The Labute approximate surface area is 250 Å². The number of fused-ring (bicyclic) bond motifs is 1. The number of hydrogen-bond acceptors (Lipinski definition) is 8. The Morgan fingerprint density at radius 2 is 1.81 bits per heavy atom. The molecule has 1 unspecified atom stereocenters. The number of aryl methyl sites for hydroxylation is 1. The summed E-state index contributed by atoms with van der Waals surface area (Å²) in [6.45, 7) is 9.34. The van der Waals surface area contributed by atoms with Gasteiger partial charge in [-0.2, -0.15) is 5.10 Å². The molecule has 9 nitrogen and oxygen atoms in total. The van der Waals surface area contributed by atoms with Crippen molar-refractivity contribution in [1.82, 2.24) is 9.55 Å². The number of aliphatic hydroxyl groups is 2. The van der Waals surface area contributed by atoms with Crippen LogP contribution in [0.15, 0.2) is 70.8 Å². The maximum absolute atomic E-state index is 15.4. The predicted octanol–water partition coefficient (Wildman–Crippen LogP) is 5.16. The number of pyridine rings is 2. The van der Waals surface area contributed by atoms with Crippen LogP contribution in [0.5, 0.6) is 0 Å². The van der Waals surface area contributed by atoms with E-state index in [1.54, 1.807) is 49.8 Å². The topological polar surface area (TPSA) is 129 Å². The third-order valence-corrected chi connectivity index (χ3v) is 7.66. The largest absolute Gasteiger partial charge is 0.392 e. The zero-order valence-corrected chi connectivity index (χ0v) is 25.2. The quantitative estimate of drug-likeness (QED) is 0.246. The molecule has 5 rings (SSSR count). The lowest BCUT2D eigenvalue weighted by atomic mass is 9.84. The number of benzene rings is 2. The van der Waals surface area contributed by atoms with E-state index in [0.29, 0.717) is 33.8 Å². The third kappa shape index (κ3) is 5.81. The average Bonchev–Trinajstić information content (AvgIpc) is 2.94. The van der Waals surface area contributed by atoms with Crippen LogP contribution in [0.25, 0.3) is 11.1 Å². The standard InChI is InChI=1S/C33H37FN6O3/c1-32(2,3)22-12-19-15-37-40(31(43)29(19)25(34)14-22)27-9-7-8-23(24(27)18-41)20-13-26(30(42)39(6)17-20)38-28-11-10-21(16-36-28)33(4,5)35/h7-17,31,41,43H,18,35H2,1-6H3,(H,36,38). The summed E-state index contributed by atoms with van der Waals surface area (Å²) in [5.74, 6) is -0.0577. The van der Waals surface area contributed by atoms with E-state index in [0.717, 1.165) is 11.1 Å². The van der Waals surface area contributed by atoms with Crippen LogP contribution >= 0.6 is 0 Å². The number of nitrogens with one attached hydrogen (secondary N) is 1. The van der Waals surface area contributed by atoms with E-state index >= 15 is 4.39 Å². The minimum absolute atomic E-state index is 0.113. The van der Waals surface area contributed by atoms with Crippen molar-refractivity contribution in [2.45, 2.75) is 58.4 Å². The Morgan fingerprint density at radius 3 is 2.44 bits per heavy atom. The van der Waals surface area contributed by atoms with Gasteiger partial charge >= 0.3 is 0 Å². The minimum atomic E-state index is -1.42. The van der Waals surface area contributed by atoms with E-state index < -0.39 is 24.2 Å². The lowest BCUT2D eigenvalue weighted by Gasteiger charge is -2.32. The summed E-state index contributed by atoms with van der Waals surface area (Å²) < 4.78 is 16.8. The first-order chi connectivity index (χ1) is 20.2. The maximum atomic E-state index is 15.4. The number of anilines is 3. The van der Waals surface area contributed by atoms with Gasteiger partial charge in [0.15, 0.2) is 6.23 Å². The van der Waals surface area contributed by atoms with Gasteiger partial charge in [-0.05, 0) is 66.3 Å². The highest BCUT2D eigenvalue weighted by molar-refractivity contribution is 5.86. The van der Waals surface area contributed by atoms with Crippen LogP contribution in [0.3, 0.4) is 0 Å². The molecule has 0 fully saturated rings. The molecule has 1 atom stereocenters. The second-order valence-electron chi connectivity index (χ2n) is 12.5.